The van der Waals surface area contributed by atoms with Gasteiger partial charge in [0.05, 0.1) is 4.34 Å². The van der Waals surface area contributed by atoms with Gasteiger partial charge in [0.2, 0.25) is 10.0 Å². The van der Waals surface area contributed by atoms with Gasteiger partial charge in [0.1, 0.15) is 4.21 Å². The number of nitrogens with two attached hydrogens (primary N) is 1. The Hall–Kier alpha value is -0.140. The number of rotatable bonds is 4. The Morgan fingerprint density at radius 3 is 2.41 bits per heavy atom. The lowest BCUT2D eigenvalue weighted by Crippen LogP contribution is -2.48. The van der Waals surface area contributed by atoms with Gasteiger partial charge in [0.25, 0.3) is 0 Å². The zero-order chi connectivity index (χ0) is 13.3. The van der Waals surface area contributed by atoms with Crippen LogP contribution in [0.25, 0.3) is 0 Å². The van der Waals surface area contributed by atoms with Gasteiger partial charge in [-0.05, 0) is 17.5 Å². The van der Waals surface area contributed by atoms with E-state index in [1.807, 2.05) is 20.8 Å². The molecule has 17 heavy (non-hydrogen) atoms. The van der Waals surface area contributed by atoms with Crippen molar-refractivity contribution in [3.05, 3.63) is 16.5 Å². The molecule has 3 N–H and O–H groups in total. The number of sulfonamides is 1. The van der Waals surface area contributed by atoms with Gasteiger partial charge >= 0.3 is 0 Å². The van der Waals surface area contributed by atoms with E-state index in [-0.39, 0.29) is 22.2 Å². The number of thiophene rings is 1. The van der Waals surface area contributed by atoms with Crippen molar-refractivity contribution in [1.29, 1.82) is 0 Å². The fraction of sp³-hybridized carbons (Fsp3) is 0.600. The van der Waals surface area contributed by atoms with Crippen LogP contribution in [0.2, 0.25) is 4.34 Å². The highest BCUT2D eigenvalue weighted by molar-refractivity contribution is 7.91. The second-order valence-corrected chi connectivity index (χ2v) is 8.49. The van der Waals surface area contributed by atoms with Gasteiger partial charge in [0.15, 0.2) is 0 Å². The standard InChI is InChI=1S/C10H17ClN2O2S2/c1-10(2,3)7(6-12)13-17(14,15)9-5-4-8(11)16-9/h4-5,7,13H,6,12H2,1-3H3. The maximum Gasteiger partial charge on any atom is 0.250 e. The monoisotopic (exact) mass is 296 g/mol. The summed E-state index contributed by atoms with van der Waals surface area (Å²) >= 11 is 6.76. The molecule has 0 fully saturated rings. The molecule has 0 aliphatic rings. The van der Waals surface area contributed by atoms with Gasteiger partial charge in [-0.15, -0.1) is 11.3 Å². The van der Waals surface area contributed by atoms with Gasteiger partial charge in [0, 0.05) is 12.6 Å². The summed E-state index contributed by atoms with van der Waals surface area (Å²) in [4.78, 5) is 0. The van der Waals surface area contributed by atoms with E-state index in [4.69, 9.17) is 17.3 Å². The van der Waals surface area contributed by atoms with Crippen LogP contribution in [0.15, 0.2) is 16.3 Å². The van der Waals surface area contributed by atoms with Gasteiger partial charge in [-0.25, -0.2) is 13.1 Å². The van der Waals surface area contributed by atoms with E-state index in [1.54, 1.807) is 6.07 Å². The third-order valence-electron chi connectivity index (χ3n) is 2.39. The minimum atomic E-state index is -3.53. The molecule has 0 aliphatic heterocycles. The zero-order valence-electron chi connectivity index (χ0n) is 10.0. The molecule has 0 spiro atoms. The zero-order valence-corrected chi connectivity index (χ0v) is 12.4. The topological polar surface area (TPSA) is 72.2 Å². The van der Waals surface area contributed by atoms with E-state index in [1.165, 1.54) is 6.07 Å². The quantitative estimate of drug-likeness (QED) is 0.893. The summed E-state index contributed by atoms with van der Waals surface area (Å²) < 4.78 is 27.4. The number of hydrogen-bond donors (Lipinski definition) is 2. The summed E-state index contributed by atoms with van der Waals surface area (Å²) in [6.07, 6.45) is 0. The molecule has 0 bridgehead atoms. The molecular formula is C10H17ClN2O2S2. The van der Waals surface area contributed by atoms with Crippen molar-refractivity contribution in [2.45, 2.75) is 31.0 Å². The second kappa shape index (κ2) is 5.24. The maximum atomic E-state index is 12.0. The van der Waals surface area contributed by atoms with E-state index < -0.39 is 10.0 Å². The van der Waals surface area contributed by atoms with Crippen molar-refractivity contribution in [1.82, 2.24) is 4.72 Å². The Bertz CT molecular complexity index is 477. The predicted molar refractivity (Wildman–Crippen MR) is 71.9 cm³/mol. The van der Waals surface area contributed by atoms with Crippen LogP contribution >= 0.6 is 22.9 Å². The molecule has 0 aromatic carbocycles. The number of nitrogens with one attached hydrogen (secondary N) is 1. The summed E-state index contributed by atoms with van der Waals surface area (Å²) in [7, 11) is -3.53. The molecule has 98 valence electrons. The Kier molecular flexibility index (Phi) is 4.60. The smallest absolute Gasteiger partial charge is 0.250 e. The lowest BCUT2D eigenvalue weighted by molar-refractivity contribution is 0.304. The minimum Gasteiger partial charge on any atom is -0.329 e. The highest BCUT2D eigenvalue weighted by Crippen LogP contribution is 2.27. The van der Waals surface area contributed by atoms with Crippen LogP contribution in [0.3, 0.4) is 0 Å². The summed E-state index contributed by atoms with van der Waals surface area (Å²) in [5, 5.41) is 0. The molecule has 7 heteroatoms. The van der Waals surface area contributed by atoms with Crippen LogP contribution in [-0.4, -0.2) is 21.0 Å². The molecule has 1 heterocycles. The van der Waals surface area contributed by atoms with Crippen LogP contribution in [-0.2, 0) is 10.0 Å². The molecule has 1 aromatic rings. The molecule has 0 amide bonds. The molecule has 1 rings (SSSR count). The van der Waals surface area contributed by atoms with Crippen LogP contribution in [0.1, 0.15) is 20.8 Å². The van der Waals surface area contributed by atoms with Crippen LogP contribution in [0.4, 0.5) is 0 Å². The van der Waals surface area contributed by atoms with Crippen molar-refractivity contribution in [2.24, 2.45) is 11.1 Å². The fourth-order valence-electron chi connectivity index (χ4n) is 1.27. The summed E-state index contributed by atoms with van der Waals surface area (Å²) in [5.74, 6) is 0. The first-order valence-electron chi connectivity index (χ1n) is 5.14. The third-order valence-corrected chi connectivity index (χ3v) is 5.59. The Morgan fingerprint density at radius 2 is 2.06 bits per heavy atom. The van der Waals surface area contributed by atoms with Crippen LogP contribution in [0.5, 0.6) is 0 Å². The first-order valence-corrected chi connectivity index (χ1v) is 7.82. The molecule has 4 nitrogen and oxygen atoms in total. The van der Waals surface area contributed by atoms with Gasteiger partial charge in [-0.1, -0.05) is 32.4 Å². The average Bonchev–Trinajstić information content (AvgIpc) is 2.60. The van der Waals surface area contributed by atoms with E-state index in [9.17, 15) is 8.42 Å². The lowest BCUT2D eigenvalue weighted by Gasteiger charge is -2.29. The van der Waals surface area contributed by atoms with E-state index in [0.717, 1.165) is 11.3 Å². The van der Waals surface area contributed by atoms with Crippen molar-refractivity contribution in [3.63, 3.8) is 0 Å². The van der Waals surface area contributed by atoms with Crippen molar-refractivity contribution in [2.75, 3.05) is 6.54 Å². The molecular weight excluding hydrogens is 280 g/mol. The van der Waals surface area contributed by atoms with E-state index >= 15 is 0 Å². The SMILES string of the molecule is CC(C)(C)C(CN)NS(=O)(=O)c1ccc(Cl)s1. The number of hydrogen-bond acceptors (Lipinski definition) is 4. The fourth-order valence-corrected chi connectivity index (χ4v) is 4.22. The third kappa shape index (κ3) is 3.93. The lowest BCUT2D eigenvalue weighted by atomic mass is 9.88. The first kappa shape index (κ1) is 14.9. The highest BCUT2D eigenvalue weighted by atomic mass is 35.5. The van der Waals surface area contributed by atoms with E-state index in [2.05, 4.69) is 4.72 Å². The van der Waals surface area contributed by atoms with E-state index in [0.29, 0.717) is 4.34 Å². The molecule has 1 atom stereocenters. The van der Waals surface area contributed by atoms with Crippen LogP contribution < -0.4 is 10.5 Å². The largest absolute Gasteiger partial charge is 0.329 e. The Morgan fingerprint density at radius 1 is 1.47 bits per heavy atom. The molecule has 1 aromatic heterocycles. The second-order valence-electron chi connectivity index (χ2n) is 4.83. The summed E-state index contributed by atoms with van der Waals surface area (Å²) in [6, 6.07) is 2.74. The van der Waals surface area contributed by atoms with Gasteiger partial charge < -0.3 is 5.73 Å². The van der Waals surface area contributed by atoms with Crippen molar-refractivity contribution >= 4 is 33.0 Å². The Labute approximate surface area is 111 Å². The molecule has 0 radical (unpaired) electrons. The molecule has 0 saturated heterocycles. The average molecular weight is 297 g/mol. The summed E-state index contributed by atoms with van der Waals surface area (Å²) in [5.41, 5.74) is 5.37. The minimum absolute atomic E-state index is 0.213. The predicted octanol–water partition coefficient (Wildman–Crippen LogP) is 2.05. The maximum absolute atomic E-state index is 12.0. The normalized spacial score (nSPS) is 14.9. The van der Waals surface area contributed by atoms with Gasteiger partial charge in [-0.2, -0.15) is 0 Å². The molecule has 0 saturated carbocycles. The number of halogens is 1. The summed E-state index contributed by atoms with van der Waals surface area (Å²) in [6.45, 7) is 6.07. The molecule has 1 unspecified atom stereocenters. The van der Waals surface area contributed by atoms with Gasteiger partial charge in [-0.3, -0.25) is 0 Å². The van der Waals surface area contributed by atoms with Crippen molar-refractivity contribution in [3.8, 4) is 0 Å². The van der Waals surface area contributed by atoms with Crippen molar-refractivity contribution < 1.29 is 8.42 Å². The van der Waals surface area contributed by atoms with Crippen LogP contribution in [0, 0.1) is 5.41 Å². The first-order chi connectivity index (χ1) is 7.66. The Balaban J connectivity index is 2.94. The molecule has 0 aliphatic carbocycles. The highest BCUT2D eigenvalue weighted by Gasteiger charge is 2.29.